The number of hydrogen-bond donors (Lipinski definition) is 6. The van der Waals surface area contributed by atoms with Gasteiger partial charge in [0.25, 0.3) is 0 Å². The van der Waals surface area contributed by atoms with Crippen LogP contribution < -0.4 is 9.47 Å². The lowest BCUT2D eigenvalue weighted by atomic mass is 9.92. The number of aliphatic hydroxyl groups is 1. The second-order valence-electron chi connectivity index (χ2n) is 8.02. The molecule has 0 fully saturated rings. The number of benzene rings is 3. The van der Waals surface area contributed by atoms with Gasteiger partial charge in [-0.2, -0.15) is 0 Å². The predicted molar refractivity (Wildman–Crippen MR) is 120 cm³/mol. The summed E-state index contributed by atoms with van der Waals surface area (Å²) in [7, 11) is 1.36. The predicted octanol–water partition coefficient (Wildman–Crippen LogP) is 3.95. The second kappa shape index (κ2) is 7.89. The third kappa shape index (κ3) is 3.43. The number of rotatable bonds is 3. The number of phenols is 5. The van der Waals surface area contributed by atoms with Crippen LogP contribution in [0.3, 0.4) is 0 Å². The van der Waals surface area contributed by atoms with Crippen molar-refractivity contribution in [2.75, 3.05) is 7.11 Å². The van der Waals surface area contributed by atoms with Gasteiger partial charge in [-0.3, -0.25) is 0 Å². The Labute approximate surface area is 192 Å². The molecule has 1 aromatic heterocycles. The molecule has 4 aromatic rings. The van der Waals surface area contributed by atoms with Gasteiger partial charge in [0.1, 0.15) is 16.9 Å². The van der Waals surface area contributed by atoms with Crippen LogP contribution in [0.5, 0.6) is 40.2 Å². The van der Waals surface area contributed by atoms with E-state index in [1.54, 1.807) is 12.1 Å². The third-order valence-corrected chi connectivity index (χ3v) is 5.88. The van der Waals surface area contributed by atoms with Crippen LogP contribution in [0, 0.1) is 0 Å². The van der Waals surface area contributed by atoms with E-state index in [4.69, 9.17) is 13.9 Å². The lowest BCUT2D eigenvalue weighted by Crippen LogP contribution is -2.30. The van der Waals surface area contributed by atoms with Gasteiger partial charge < -0.3 is 40.1 Å². The maximum Gasteiger partial charge on any atom is 0.368 e. The lowest BCUT2D eigenvalue weighted by Gasteiger charge is -2.31. The monoisotopic (exact) mass is 465 g/mol. The van der Waals surface area contributed by atoms with Gasteiger partial charge in [-0.1, -0.05) is 6.07 Å². The van der Waals surface area contributed by atoms with Crippen molar-refractivity contribution in [3.05, 3.63) is 59.7 Å². The number of fused-ring (bicyclic) bond motifs is 3. The molecular formula is C25H21O9+. The Morgan fingerprint density at radius 2 is 1.68 bits per heavy atom. The maximum absolute atomic E-state index is 10.7. The van der Waals surface area contributed by atoms with Crippen molar-refractivity contribution in [1.29, 1.82) is 0 Å². The second-order valence-corrected chi connectivity index (χ2v) is 8.02. The minimum absolute atomic E-state index is 0.0656. The summed E-state index contributed by atoms with van der Waals surface area (Å²) in [4.78, 5) is 0. The van der Waals surface area contributed by atoms with Crippen LogP contribution in [-0.2, 0) is 6.42 Å². The average molecular weight is 465 g/mol. The summed E-state index contributed by atoms with van der Waals surface area (Å²) in [5, 5.41) is 61.1. The van der Waals surface area contributed by atoms with E-state index >= 15 is 0 Å². The molecule has 9 nitrogen and oxygen atoms in total. The fourth-order valence-electron chi connectivity index (χ4n) is 4.14. The Kier molecular flexibility index (Phi) is 4.98. The van der Waals surface area contributed by atoms with Crippen LogP contribution in [-0.4, -0.2) is 43.9 Å². The van der Waals surface area contributed by atoms with Gasteiger partial charge >= 0.3 is 11.3 Å². The van der Waals surface area contributed by atoms with Gasteiger partial charge in [-0.25, -0.2) is 4.42 Å². The van der Waals surface area contributed by atoms with Crippen molar-refractivity contribution < 1.29 is 44.5 Å². The Bertz CT molecular complexity index is 1430. The molecule has 34 heavy (non-hydrogen) atoms. The fraction of sp³-hybridized carbons (Fsp3) is 0.160. The first kappa shape index (κ1) is 21.5. The van der Waals surface area contributed by atoms with Crippen LogP contribution >= 0.6 is 0 Å². The number of ether oxygens (including phenoxy) is 2. The van der Waals surface area contributed by atoms with Gasteiger partial charge in [0.2, 0.25) is 5.75 Å². The molecule has 6 N–H and O–H groups in total. The Balaban J connectivity index is 1.60. The third-order valence-electron chi connectivity index (χ3n) is 5.88. The molecule has 3 aromatic carbocycles. The summed E-state index contributed by atoms with van der Waals surface area (Å²) in [6.07, 6.45) is -1.78. The zero-order valence-corrected chi connectivity index (χ0v) is 17.9. The molecule has 0 radical (unpaired) electrons. The molecule has 0 bridgehead atoms. The van der Waals surface area contributed by atoms with Crippen molar-refractivity contribution in [2.45, 2.75) is 18.6 Å². The van der Waals surface area contributed by atoms with E-state index in [1.165, 1.54) is 43.5 Å². The molecule has 174 valence electrons. The Morgan fingerprint density at radius 3 is 2.41 bits per heavy atom. The van der Waals surface area contributed by atoms with Gasteiger partial charge in [0.05, 0.1) is 24.8 Å². The molecule has 0 unspecified atom stereocenters. The Morgan fingerprint density at radius 1 is 0.882 bits per heavy atom. The van der Waals surface area contributed by atoms with E-state index in [-0.39, 0.29) is 40.8 Å². The van der Waals surface area contributed by atoms with Crippen LogP contribution in [0.1, 0.15) is 17.2 Å². The quantitative estimate of drug-likeness (QED) is 0.195. The number of aliphatic hydroxyl groups excluding tert-OH is 1. The molecule has 0 amide bonds. The van der Waals surface area contributed by atoms with E-state index in [0.29, 0.717) is 33.6 Å². The minimum atomic E-state index is -1.01. The molecule has 0 saturated heterocycles. The molecule has 0 spiro atoms. The van der Waals surface area contributed by atoms with Gasteiger partial charge in [0, 0.05) is 30.2 Å². The normalized spacial score (nSPS) is 17.2. The van der Waals surface area contributed by atoms with E-state index in [1.807, 2.05) is 0 Å². The summed E-state index contributed by atoms with van der Waals surface area (Å²) in [5.74, 6) is -0.813. The molecule has 0 aliphatic carbocycles. The summed E-state index contributed by atoms with van der Waals surface area (Å²) in [6, 6.07) is 11.7. The molecule has 1 aliphatic heterocycles. The number of phenolic OH excluding ortho intramolecular Hbond substituents is 5. The first-order valence-electron chi connectivity index (χ1n) is 10.4. The standard InChI is InChI=1S/C25H20O9/c1-32-22-8-12(7-18(29)23(22)31)20-5-3-13-21(33-20)10-16(27)14-9-19(30)24(34-25(13)14)11-2-4-15(26)17(28)6-11/h2-8,10,19,24,30H,9H2,1H3,(H4-,26,27,28,29,31)/p+1/t19-,24+/m0/s1. The highest BCUT2D eigenvalue weighted by Crippen LogP contribution is 2.46. The Hall–Kier alpha value is -4.37. The molecule has 2 heterocycles. The number of aromatic hydroxyl groups is 5. The first-order chi connectivity index (χ1) is 16.3. The fourth-order valence-corrected chi connectivity index (χ4v) is 4.14. The van der Waals surface area contributed by atoms with Gasteiger partial charge in [0.15, 0.2) is 29.1 Å². The van der Waals surface area contributed by atoms with Crippen molar-refractivity contribution in [3.8, 4) is 51.6 Å². The highest BCUT2D eigenvalue weighted by Gasteiger charge is 2.35. The molecule has 5 rings (SSSR count). The molecular weight excluding hydrogens is 444 g/mol. The summed E-state index contributed by atoms with van der Waals surface area (Å²) < 4.78 is 17.1. The lowest BCUT2D eigenvalue weighted by molar-refractivity contribution is 0.0210. The van der Waals surface area contributed by atoms with Crippen LogP contribution in [0.25, 0.3) is 22.3 Å². The maximum atomic E-state index is 10.7. The van der Waals surface area contributed by atoms with Crippen LogP contribution in [0.2, 0.25) is 0 Å². The highest BCUT2D eigenvalue weighted by atomic mass is 16.5. The highest BCUT2D eigenvalue weighted by molar-refractivity contribution is 5.89. The van der Waals surface area contributed by atoms with Crippen LogP contribution in [0.15, 0.2) is 52.9 Å². The number of hydrogen-bond acceptors (Lipinski definition) is 8. The van der Waals surface area contributed by atoms with E-state index < -0.39 is 18.0 Å². The topological polar surface area (TPSA) is 151 Å². The van der Waals surface area contributed by atoms with E-state index in [0.717, 1.165) is 0 Å². The summed E-state index contributed by atoms with van der Waals surface area (Å²) in [5.41, 5.74) is 1.57. The largest absolute Gasteiger partial charge is 0.507 e. The van der Waals surface area contributed by atoms with E-state index in [2.05, 4.69) is 0 Å². The van der Waals surface area contributed by atoms with Crippen molar-refractivity contribution in [2.24, 2.45) is 0 Å². The zero-order valence-electron chi connectivity index (χ0n) is 17.9. The molecule has 0 saturated carbocycles. The van der Waals surface area contributed by atoms with Crippen molar-refractivity contribution >= 4 is 11.0 Å². The minimum Gasteiger partial charge on any atom is -0.507 e. The summed E-state index contributed by atoms with van der Waals surface area (Å²) in [6.45, 7) is 0. The first-order valence-corrected chi connectivity index (χ1v) is 10.4. The van der Waals surface area contributed by atoms with Crippen LogP contribution in [0.4, 0.5) is 0 Å². The van der Waals surface area contributed by atoms with Gasteiger partial charge in [-0.05, 0) is 23.8 Å². The SMILES string of the molecule is COc1cc(-c2ccc3c4c(c(O)cc3[o+]2)C[C@H](O)[C@@H](c2ccc(O)c(O)c2)O4)cc(O)c1O. The smallest absolute Gasteiger partial charge is 0.368 e. The molecule has 1 aliphatic rings. The zero-order chi connectivity index (χ0) is 24.1. The number of methoxy groups -OCH3 is 1. The molecule has 9 heteroatoms. The molecule has 2 atom stereocenters. The van der Waals surface area contributed by atoms with Gasteiger partial charge in [-0.15, -0.1) is 0 Å². The van der Waals surface area contributed by atoms with Crippen molar-refractivity contribution in [3.63, 3.8) is 0 Å². The average Bonchev–Trinajstić information content (AvgIpc) is 2.82. The summed E-state index contributed by atoms with van der Waals surface area (Å²) >= 11 is 0. The van der Waals surface area contributed by atoms with E-state index in [9.17, 15) is 30.6 Å². The van der Waals surface area contributed by atoms with Crippen molar-refractivity contribution in [1.82, 2.24) is 0 Å².